The van der Waals surface area contributed by atoms with Crippen molar-refractivity contribution in [1.82, 2.24) is 15.3 Å². The van der Waals surface area contributed by atoms with Gasteiger partial charge in [0, 0.05) is 19.2 Å². The molecule has 0 unspecified atom stereocenters. The molecule has 20 heavy (non-hydrogen) atoms. The van der Waals surface area contributed by atoms with Crippen molar-refractivity contribution in [3.8, 4) is 0 Å². The molecule has 3 nitrogen and oxygen atoms in total. The SMILES string of the molecule is CCCNCc1ccnc(Cc2cccc(Cl)c2F)n1. The van der Waals surface area contributed by atoms with E-state index in [9.17, 15) is 4.39 Å². The Labute approximate surface area is 123 Å². The normalized spacial score (nSPS) is 10.8. The lowest BCUT2D eigenvalue weighted by Gasteiger charge is -2.06. The Kier molecular flexibility index (Phi) is 5.44. The molecule has 1 aromatic carbocycles. The highest BCUT2D eigenvalue weighted by Crippen LogP contribution is 2.19. The fourth-order valence-corrected chi connectivity index (χ4v) is 2.07. The van der Waals surface area contributed by atoms with Crippen LogP contribution in [0.1, 0.15) is 30.4 Å². The van der Waals surface area contributed by atoms with Gasteiger partial charge in [-0.3, -0.25) is 0 Å². The zero-order chi connectivity index (χ0) is 14.4. The van der Waals surface area contributed by atoms with Crippen LogP contribution in [0.2, 0.25) is 5.02 Å². The molecule has 0 radical (unpaired) electrons. The van der Waals surface area contributed by atoms with E-state index in [0.717, 1.165) is 18.7 Å². The topological polar surface area (TPSA) is 37.8 Å². The number of hydrogen-bond acceptors (Lipinski definition) is 3. The van der Waals surface area contributed by atoms with Crippen LogP contribution in [0.3, 0.4) is 0 Å². The summed E-state index contributed by atoms with van der Waals surface area (Å²) in [6.07, 6.45) is 3.12. The van der Waals surface area contributed by atoms with Crippen LogP contribution in [0.5, 0.6) is 0 Å². The lowest BCUT2D eigenvalue weighted by Crippen LogP contribution is -2.15. The largest absolute Gasteiger partial charge is 0.311 e. The van der Waals surface area contributed by atoms with Gasteiger partial charge in [-0.1, -0.05) is 30.7 Å². The van der Waals surface area contributed by atoms with Crippen LogP contribution in [-0.4, -0.2) is 16.5 Å². The van der Waals surface area contributed by atoms with Crippen molar-refractivity contribution in [3.05, 3.63) is 58.4 Å². The van der Waals surface area contributed by atoms with Crippen LogP contribution in [-0.2, 0) is 13.0 Å². The van der Waals surface area contributed by atoms with Crippen LogP contribution in [0, 0.1) is 5.82 Å². The maximum atomic E-state index is 13.8. The van der Waals surface area contributed by atoms with Crippen molar-refractivity contribution in [2.45, 2.75) is 26.3 Å². The molecule has 1 aromatic heterocycles. The summed E-state index contributed by atoms with van der Waals surface area (Å²) in [6, 6.07) is 6.83. The molecule has 0 aliphatic carbocycles. The van der Waals surface area contributed by atoms with Gasteiger partial charge in [0.15, 0.2) is 0 Å². The molecule has 0 amide bonds. The van der Waals surface area contributed by atoms with Crippen LogP contribution < -0.4 is 5.32 Å². The minimum atomic E-state index is -0.396. The summed E-state index contributed by atoms with van der Waals surface area (Å²) in [5.74, 6) is 0.203. The molecule has 2 aromatic rings. The Morgan fingerprint density at radius 3 is 2.95 bits per heavy atom. The van der Waals surface area contributed by atoms with Gasteiger partial charge in [-0.15, -0.1) is 0 Å². The van der Waals surface area contributed by atoms with Gasteiger partial charge in [0.05, 0.1) is 10.7 Å². The summed E-state index contributed by atoms with van der Waals surface area (Å²) in [5.41, 5.74) is 1.42. The first-order valence-electron chi connectivity index (χ1n) is 6.65. The van der Waals surface area contributed by atoms with Crippen LogP contribution in [0.25, 0.3) is 0 Å². The first kappa shape index (κ1) is 14.9. The molecule has 0 aliphatic rings. The third kappa shape index (κ3) is 3.99. The second-order valence-corrected chi connectivity index (χ2v) is 4.94. The first-order chi connectivity index (χ1) is 9.70. The minimum absolute atomic E-state index is 0.128. The highest BCUT2D eigenvalue weighted by molar-refractivity contribution is 6.30. The van der Waals surface area contributed by atoms with Crippen LogP contribution in [0.4, 0.5) is 4.39 Å². The van der Waals surface area contributed by atoms with E-state index in [4.69, 9.17) is 11.6 Å². The van der Waals surface area contributed by atoms with E-state index in [-0.39, 0.29) is 5.02 Å². The molecule has 0 saturated heterocycles. The lowest BCUT2D eigenvalue weighted by molar-refractivity contribution is 0.611. The number of aromatic nitrogens is 2. The van der Waals surface area contributed by atoms with E-state index in [0.29, 0.717) is 24.4 Å². The van der Waals surface area contributed by atoms with Crippen molar-refractivity contribution >= 4 is 11.6 Å². The molecule has 106 valence electrons. The predicted octanol–water partition coefficient (Wildman–Crippen LogP) is 3.36. The summed E-state index contributed by atoms with van der Waals surface area (Å²) >= 11 is 5.77. The van der Waals surface area contributed by atoms with Gasteiger partial charge in [-0.25, -0.2) is 14.4 Å². The molecule has 1 heterocycles. The van der Waals surface area contributed by atoms with Gasteiger partial charge in [-0.2, -0.15) is 0 Å². The quantitative estimate of drug-likeness (QED) is 0.830. The smallest absolute Gasteiger partial charge is 0.145 e. The number of benzene rings is 1. The lowest BCUT2D eigenvalue weighted by atomic mass is 10.1. The van der Waals surface area contributed by atoms with Gasteiger partial charge in [0.2, 0.25) is 0 Å². The highest BCUT2D eigenvalue weighted by Gasteiger charge is 2.08. The summed E-state index contributed by atoms with van der Waals surface area (Å²) in [7, 11) is 0. The van der Waals surface area contributed by atoms with Crippen molar-refractivity contribution < 1.29 is 4.39 Å². The van der Waals surface area contributed by atoms with Gasteiger partial charge >= 0.3 is 0 Å². The van der Waals surface area contributed by atoms with Crippen molar-refractivity contribution in [2.24, 2.45) is 0 Å². The van der Waals surface area contributed by atoms with Crippen molar-refractivity contribution in [3.63, 3.8) is 0 Å². The number of rotatable bonds is 6. The Balaban J connectivity index is 2.09. The summed E-state index contributed by atoms with van der Waals surface area (Å²) in [5, 5.41) is 3.41. The van der Waals surface area contributed by atoms with E-state index in [1.807, 2.05) is 6.07 Å². The molecule has 0 saturated carbocycles. The number of hydrogen-bond donors (Lipinski definition) is 1. The molecule has 0 fully saturated rings. The van der Waals surface area contributed by atoms with E-state index in [1.165, 1.54) is 6.07 Å². The molecular weight excluding hydrogens is 277 g/mol. The molecule has 0 atom stereocenters. The van der Waals surface area contributed by atoms with Gasteiger partial charge in [-0.05, 0) is 30.7 Å². The molecule has 2 rings (SSSR count). The molecule has 0 spiro atoms. The summed E-state index contributed by atoms with van der Waals surface area (Å²) in [6.45, 7) is 3.75. The average Bonchev–Trinajstić information content (AvgIpc) is 2.45. The third-order valence-electron chi connectivity index (χ3n) is 2.88. The molecule has 0 aliphatic heterocycles. The molecular formula is C15H17ClFN3. The Morgan fingerprint density at radius 2 is 2.15 bits per heavy atom. The minimum Gasteiger partial charge on any atom is -0.311 e. The van der Waals surface area contributed by atoms with Crippen LogP contribution >= 0.6 is 11.6 Å². The van der Waals surface area contributed by atoms with Crippen molar-refractivity contribution in [1.29, 1.82) is 0 Å². The van der Waals surface area contributed by atoms with Gasteiger partial charge in [0.25, 0.3) is 0 Å². The standard InChI is InChI=1S/C15H17ClFN3/c1-2-7-18-10-12-6-8-19-14(20-12)9-11-4-3-5-13(16)15(11)17/h3-6,8,18H,2,7,9-10H2,1H3. The van der Waals surface area contributed by atoms with Gasteiger partial charge in [0.1, 0.15) is 11.6 Å². The molecule has 1 N–H and O–H groups in total. The van der Waals surface area contributed by atoms with Crippen LogP contribution in [0.15, 0.2) is 30.5 Å². The third-order valence-corrected chi connectivity index (χ3v) is 3.17. The highest BCUT2D eigenvalue weighted by atomic mass is 35.5. The zero-order valence-electron chi connectivity index (χ0n) is 11.4. The number of nitrogens with one attached hydrogen (secondary N) is 1. The van der Waals surface area contributed by atoms with E-state index in [2.05, 4.69) is 22.2 Å². The maximum absolute atomic E-state index is 13.8. The number of nitrogens with zero attached hydrogens (tertiary/aromatic N) is 2. The second-order valence-electron chi connectivity index (χ2n) is 4.53. The summed E-state index contributed by atoms with van der Waals surface area (Å²) in [4.78, 5) is 8.61. The van der Waals surface area contributed by atoms with E-state index < -0.39 is 5.82 Å². The molecule has 0 bridgehead atoms. The van der Waals surface area contributed by atoms with E-state index in [1.54, 1.807) is 18.3 Å². The maximum Gasteiger partial charge on any atom is 0.145 e. The first-order valence-corrected chi connectivity index (χ1v) is 7.03. The fraction of sp³-hybridized carbons (Fsp3) is 0.333. The van der Waals surface area contributed by atoms with Crippen molar-refractivity contribution in [2.75, 3.05) is 6.54 Å². The Hall–Kier alpha value is -1.52. The van der Waals surface area contributed by atoms with E-state index >= 15 is 0 Å². The monoisotopic (exact) mass is 293 g/mol. The predicted molar refractivity (Wildman–Crippen MR) is 78.2 cm³/mol. The number of halogens is 2. The Morgan fingerprint density at radius 1 is 1.30 bits per heavy atom. The summed E-state index contributed by atoms with van der Waals surface area (Å²) < 4.78 is 13.8. The zero-order valence-corrected chi connectivity index (χ0v) is 12.1. The second kappa shape index (κ2) is 7.31. The van der Waals surface area contributed by atoms with Gasteiger partial charge < -0.3 is 5.32 Å². The Bertz CT molecular complexity index is 575. The molecule has 5 heteroatoms. The average molecular weight is 294 g/mol. The fourth-order valence-electron chi connectivity index (χ4n) is 1.87.